The van der Waals surface area contributed by atoms with Crippen LogP contribution in [0.4, 0.5) is 24.7 Å². The molecule has 2 aliphatic rings. The summed E-state index contributed by atoms with van der Waals surface area (Å²) in [6.45, 7) is 1.33. The fraction of sp³-hybridized carbons (Fsp3) is 0.440. The van der Waals surface area contributed by atoms with E-state index in [2.05, 4.69) is 15.0 Å². The molecule has 2 aromatic rings. The van der Waals surface area contributed by atoms with Crippen LogP contribution in [0.5, 0.6) is 6.01 Å². The molecule has 210 valence electrons. The fourth-order valence-electron chi connectivity index (χ4n) is 4.57. The molecule has 4 N–H and O–H groups in total. The number of likely N-dealkylation sites (N-methyl/N-ethyl adjacent to an activating group) is 1. The summed E-state index contributed by atoms with van der Waals surface area (Å²) in [6.07, 6.45) is -3.45. The molecule has 1 aromatic carbocycles. The maximum absolute atomic E-state index is 13.9. The van der Waals surface area contributed by atoms with Crippen LogP contribution in [0.25, 0.3) is 0 Å². The van der Waals surface area contributed by atoms with E-state index in [1.54, 1.807) is 20.2 Å². The predicted molar refractivity (Wildman–Crippen MR) is 141 cm³/mol. The molecule has 1 amide bonds. The molecule has 10 nitrogen and oxygen atoms in total. The molecule has 1 aromatic heterocycles. The summed E-state index contributed by atoms with van der Waals surface area (Å²) in [7, 11) is 4.62. The Bertz CT molecular complexity index is 1330. The molecule has 1 unspecified atom stereocenters. The number of halogens is 4. The van der Waals surface area contributed by atoms with Crippen molar-refractivity contribution in [2.45, 2.75) is 31.7 Å². The number of carbonyl (C=O) groups is 1. The molecule has 0 spiro atoms. The van der Waals surface area contributed by atoms with E-state index in [-0.39, 0.29) is 41.9 Å². The Morgan fingerprint density at radius 3 is 2.72 bits per heavy atom. The van der Waals surface area contributed by atoms with Gasteiger partial charge < -0.3 is 30.7 Å². The Labute approximate surface area is 228 Å². The summed E-state index contributed by atoms with van der Waals surface area (Å²) in [6, 6.07) is 2.36. The van der Waals surface area contributed by atoms with Crippen LogP contribution < -0.4 is 21.1 Å². The second-order valence-corrected chi connectivity index (χ2v) is 9.78. The van der Waals surface area contributed by atoms with Crippen LogP contribution >= 0.6 is 11.6 Å². The largest absolute Gasteiger partial charge is 0.467 e. The van der Waals surface area contributed by atoms with Gasteiger partial charge >= 0.3 is 12.2 Å². The van der Waals surface area contributed by atoms with E-state index in [9.17, 15) is 18.0 Å². The lowest BCUT2D eigenvalue weighted by Crippen LogP contribution is -2.33. The van der Waals surface area contributed by atoms with E-state index in [0.29, 0.717) is 48.8 Å². The Morgan fingerprint density at radius 1 is 1.31 bits per heavy atom. The smallest absolute Gasteiger partial charge is 0.418 e. The van der Waals surface area contributed by atoms with Gasteiger partial charge in [-0.2, -0.15) is 23.1 Å². The third-order valence-electron chi connectivity index (χ3n) is 6.34. The van der Waals surface area contributed by atoms with Crippen LogP contribution in [0, 0.1) is 0 Å². The van der Waals surface area contributed by atoms with E-state index in [1.165, 1.54) is 18.1 Å². The van der Waals surface area contributed by atoms with E-state index in [4.69, 9.17) is 32.5 Å². The Balaban J connectivity index is 1.70. The van der Waals surface area contributed by atoms with Crippen molar-refractivity contribution < 1.29 is 27.4 Å². The first-order valence-electron chi connectivity index (χ1n) is 12.1. The van der Waals surface area contributed by atoms with Crippen molar-refractivity contribution in [1.82, 2.24) is 14.9 Å². The average molecular weight is 568 g/mol. The van der Waals surface area contributed by atoms with E-state index < -0.39 is 22.9 Å². The van der Waals surface area contributed by atoms with Gasteiger partial charge in [0.15, 0.2) is 0 Å². The number of methoxy groups -OCH3 is 1. The number of nitrogens with zero attached hydrogens (tertiary/aromatic N) is 5. The zero-order valence-electron chi connectivity index (χ0n) is 21.7. The molecule has 0 radical (unpaired) electrons. The predicted octanol–water partition coefficient (Wildman–Crippen LogP) is 3.14. The van der Waals surface area contributed by atoms with Gasteiger partial charge in [-0.05, 0) is 30.2 Å². The number of benzene rings is 1. The number of hydrogen-bond acceptors (Lipinski definition) is 9. The highest BCUT2D eigenvalue weighted by atomic mass is 35.5. The first kappa shape index (κ1) is 28.4. The van der Waals surface area contributed by atoms with Crippen LogP contribution in [-0.2, 0) is 28.7 Å². The first-order valence-corrected chi connectivity index (χ1v) is 12.5. The molecule has 0 saturated heterocycles. The molecular formula is C25H29ClF3N7O3. The normalized spacial score (nSPS) is 18.2. The minimum Gasteiger partial charge on any atom is -0.467 e. The van der Waals surface area contributed by atoms with Gasteiger partial charge in [0.05, 0.1) is 54.1 Å². The number of nitrogens with two attached hydrogens (primary N) is 2. The molecule has 0 aliphatic carbocycles. The van der Waals surface area contributed by atoms with Crippen molar-refractivity contribution in [2.24, 2.45) is 10.7 Å². The summed E-state index contributed by atoms with van der Waals surface area (Å²) < 4.78 is 53.0. The lowest BCUT2D eigenvalue weighted by atomic mass is 9.94. The average Bonchev–Trinajstić information content (AvgIpc) is 3.11. The maximum Gasteiger partial charge on any atom is 0.418 e. The SMILES string of the molecule is COc1nc2c(c(N3CCCN=C(/C=C(\N)C(=O)N(C)C)C3)n1)COC(c1cc(N)cc(Cl)c1C(F)(F)F)C2. The molecular weight excluding hydrogens is 539 g/mol. The monoisotopic (exact) mass is 567 g/mol. The Kier molecular flexibility index (Phi) is 8.21. The minimum absolute atomic E-state index is 0.0169. The number of alkyl halides is 3. The van der Waals surface area contributed by atoms with E-state index in [0.717, 1.165) is 6.07 Å². The maximum atomic E-state index is 13.9. The lowest BCUT2D eigenvalue weighted by Gasteiger charge is -2.31. The molecule has 14 heteroatoms. The quantitative estimate of drug-likeness (QED) is 0.416. The zero-order chi connectivity index (χ0) is 28.5. The van der Waals surface area contributed by atoms with Crippen LogP contribution in [0.1, 0.15) is 34.9 Å². The molecule has 0 saturated carbocycles. The summed E-state index contributed by atoms with van der Waals surface area (Å²) in [4.78, 5) is 29.1. The Hall–Kier alpha value is -3.58. The third kappa shape index (κ3) is 6.19. The van der Waals surface area contributed by atoms with Crippen LogP contribution in [0.3, 0.4) is 0 Å². The van der Waals surface area contributed by atoms with Crippen molar-refractivity contribution in [3.05, 3.63) is 51.3 Å². The van der Waals surface area contributed by atoms with Crippen molar-refractivity contribution in [3.63, 3.8) is 0 Å². The highest BCUT2D eigenvalue weighted by molar-refractivity contribution is 6.31. The highest BCUT2D eigenvalue weighted by Gasteiger charge is 2.40. The van der Waals surface area contributed by atoms with Gasteiger partial charge in [0, 0.05) is 44.9 Å². The van der Waals surface area contributed by atoms with Gasteiger partial charge in [0.1, 0.15) is 5.82 Å². The van der Waals surface area contributed by atoms with E-state index >= 15 is 0 Å². The van der Waals surface area contributed by atoms with Gasteiger partial charge in [0.2, 0.25) is 0 Å². The number of aliphatic imine (C=N–C) groups is 1. The minimum atomic E-state index is -4.70. The van der Waals surface area contributed by atoms with Crippen LogP contribution in [0.2, 0.25) is 5.02 Å². The summed E-state index contributed by atoms with van der Waals surface area (Å²) in [5, 5.41) is -0.496. The number of anilines is 2. The third-order valence-corrected chi connectivity index (χ3v) is 6.64. The summed E-state index contributed by atoms with van der Waals surface area (Å²) in [5.74, 6) is 0.173. The molecule has 0 fully saturated rings. The number of fused-ring (bicyclic) bond motifs is 1. The number of nitrogen functional groups attached to an aromatic ring is 1. The van der Waals surface area contributed by atoms with Crippen molar-refractivity contribution in [1.29, 1.82) is 0 Å². The summed E-state index contributed by atoms with van der Waals surface area (Å²) >= 11 is 5.96. The van der Waals surface area contributed by atoms with Gasteiger partial charge in [-0.1, -0.05) is 11.6 Å². The lowest BCUT2D eigenvalue weighted by molar-refractivity contribution is -0.139. The molecule has 3 heterocycles. The van der Waals surface area contributed by atoms with Gasteiger partial charge in [0.25, 0.3) is 5.91 Å². The van der Waals surface area contributed by atoms with Crippen molar-refractivity contribution in [2.75, 3.05) is 51.5 Å². The topological polar surface area (TPSA) is 132 Å². The van der Waals surface area contributed by atoms with Crippen LogP contribution in [0.15, 0.2) is 28.9 Å². The molecule has 39 heavy (non-hydrogen) atoms. The van der Waals surface area contributed by atoms with Crippen LogP contribution in [-0.4, -0.2) is 67.3 Å². The van der Waals surface area contributed by atoms with Gasteiger partial charge in [-0.25, -0.2) is 0 Å². The fourth-order valence-corrected chi connectivity index (χ4v) is 4.91. The van der Waals surface area contributed by atoms with Crippen molar-refractivity contribution in [3.8, 4) is 6.01 Å². The standard InChI is InChI=1S/C25H29ClF3N7O3/c1-35(2)23(37)18(31)9-14-11-36(6-4-5-32-14)22-16-12-39-20(10-19(16)33-24(34-22)38-3)15-7-13(30)8-17(26)21(15)25(27,28)29/h7-9,20H,4-6,10-12,30-31H2,1-3H3/b18-9-. The molecule has 0 bridgehead atoms. The van der Waals surface area contributed by atoms with Gasteiger partial charge in [-0.15, -0.1) is 0 Å². The second kappa shape index (κ2) is 11.3. The number of hydrogen-bond donors (Lipinski definition) is 2. The van der Waals surface area contributed by atoms with Gasteiger partial charge in [-0.3, -0.25) is 9.79 Å². The number of carbonyl (C=O) groups excluding carboxylic acids is 1. The number of ether oxygens (including phenoxy) is 2. The number of aromatic nitrogens is 2. The molecule has 4 rings (SSSR count). The molecule has 2 aliphatic heterocycles. The number of rotatable bonds is 5. The highest BCUT2D eigenvalue weighted by Crippen LogP contribution is 2.44. The zero-order valence-corrected chi connectivity index (χ0v) is 22.4. The number of amides is 1. The Morgan fingerprint density at radius 2 is 2.05 bits per heavy atom. The first-order chi connectivity index (χ1) is 18.4. The molecule has 1 atom stereocenters. The van der Waals surface area contributed by atoms with Crippen molar-refractivity contribution >= 4 is 34.7 Å². The summed E-state index contributed by atoms with van der Waals surface area (Å²) in [5.41, 5.74) is 12.5. The second-order valence-electron chi connectivity index (χ2n) is 9.38. The van der Waals surface area contributed by atoms with E-state index in [1.807, 2.05) is 4.90 Å².